The molecule has 1 atom stereocenters. The molecule has 3 aromatic carbocycles. The third kappa shape index (κ3) is 4.46. The number of amides is 1. The molecule has 1 amide bonds. The Labute approximate surface area is 178 Å². The topological polar surface area (TPSA) is 77.2 Å². The largest absolute Gasteiger partial charge is 0.496 e. The van der Waals surface area contributed by atoms with Crippen molar-refractivity contribution in [3.63, 3.8) is 0 Å². The summed E-state index contributed by atoms with van der Waals surface area (Å²) >= 11 is 1.20. The second-order valence-corrected chi connectivity index (χ2v) is 7.68. The fourth-order valence-electron chi connectivity index (χ4n) is 3.17. The molecule has 0 radical (unpaired) electrons. The van der Waals surface area contributed by atoms with E-state index in [1.807, 2.05) is 49.4 Å². The highest BCUT2D eigenvalue weighted by Crippen LogP contribution is 2.30. The van der Waals surface area contributed by atoms with Crippen LogP contribution < -0.4 is 10.1 Å². The maximum atomic E-state index is 12.4. The van der Waals surface area contributed by atoms with Gasteiger partial charge < -0.3 is 14.5 Å². The molecule has 1 heterocycles. The summed E-state index contributed by atoms with van der Waals surface area (Å²) in [6.07, 6.45) is 0. The fourth-order valence-corrected chi connectivity index (χ4v) is 3.74. The lowest BCUT2D eigenvalue weighted by atomic mass is 10.0. The van der Waals surface area contributed by atoms with Crippen LogP contribution in [0.15, 0.2) is 76.4 Å². The number of ether oxygens (including phenoxy) is 1. The Morgan fingerprint density at radius 3 is 2.67 bits per heavy atom. The van der Waals surface area contributed by atoms with E-state index in [1.54, 1.807) is 7.11 Å². The minimum Gasteiger partial charge on any atom is -0.496 e. The Balaban J connectivity index is 1.36. The molecule has 30 heavy (non-hydrogen) atoms. The van der Waals surface area contributed by atoms with Crippen molar-refractivity contribution < 1.29 is 13.9 Å². The summed E-state index contributed by atoms with van der Waals surface area (Å²) in [4.78, 5) is 12.4. The van der Waals surface area contributed by atoms with E-state index in [0.29, 0.717) is 22.4 Å². The number of carbonyl (C=O) groups excluding carboxylic acids is 1. The summed E-state index contributed by atoms with van der Waals surface area (Å²) in [5, 5.41) is 13.8. The maximum Gasteiger partial charge on any atom is 0.277 e. The number of hydrogen-bond acceptors (Lipinski definition) is 6. The monoisotopic (exact) mass is 419 g/mol. The van der Waals surface area contributed by atoms with Crippen LogP contribution in [-0.4, -0.2) is 29.0 Å². The van der Waals surface area contributed by atoms with Gasteiger partial charge in [0.2, 0.25) is 5.91 Å². The van der Waals surface area contributed by atoms with Crippen molar-refractivity contribution in [3.05, 3.63) is 72.3 Å². The molecule has 6 nitrogen and oxygen atoms in total. The summed E-state index contributed by atoms with van der Waals surface area (Å²) in [5.41, 5.74) is 1.78. The Bertz CT molecular complexity index is 1180. The molecule has 1 N–H and O–H groups in total. The van der Waals surface area contributed by atoms with Gasteiger partial charge in [-0.2, -0.15) is 0 Å². The molecular weight excluding hydrogens is 398 g/mol. The number of para-hydroxylation sites is 1. The first-order chi connectivity index (χ1) is 14.6. The molecule has 7 heteroatoms. The first kappa shape index (κ1) is 20.0. The minimum absolute atomic E-state index is 0.0994. The van der Waals surface area contributed by atoms with Gasteiger partial charge in [-0.25, -0.2) is 0 Å². The van der Waals surface area contributed by atoms with Gasteiger partial charge >= 0.3 is 0 Å². The van der Waals surface area contributed by atoms with Crippen molar-refractivity contribution in [2.24, 2.45) is 0 Å². The van der Waals surface area contributed by atoms with E-state index in [0.717, 1.165) is 10.9 Å². The lowest BCUT2D eigenvalue weighted by Gasteiger charge is -2.14. The number of fused-ring (bicyclic) bond motifs is 1. The van der Waals surface area contributed by atoms with Crippen molar-refractivity contribution in [1.29, 1.82) is 0 Å². The molecule has 0 saturated carbocycles. The second kappa shape index (κ2) is 9.00. The van der Waals surface area contributed by atoms with Crippen LogP contribution in [0.25, 0.3) is 22.2 Å². The van der Waals surface area contributed by atoms with Gasteiger partial charge in [0.15, 0.2) is 0 Å². The van der Waals surface area contributed by atoms with Crippen molar-refractivity contribution in [2.75, 3.05) is 12.9 Å². The number of nitrogens with one attached hydrogen (secondary N) is 1. The van der Waals surface area contributed by atoms with E-state index in [4.69, 9.17) is 9.15 Å². The highest BCUT2D eigenvalue weighted by atomic mass is 32.2. The van der Waals surface area contributed by atoms with Crippen LogP contribution in [0.3, 0.4) is 0 Å². The van der Waals surface area contributed by atoms with Gasteiger partial charge in [-0.15, -0.1) is 10.2 Å². The fraction of sp³-hybridized carbons (Fsp3) is 0.174. The van der Waals surface area contributed by atoms with Crippen LogP contribution in [0.1, 0.15) is 18.5 Å². The van der Waals surface area contributed by atoms with Crippen LogP contribution in [-0.2, 0) is 4.79 Å². The van der Waals surface area contributed by atoms with Gasteiger partial charge in [-0.05, 0) is 41.5 Å². The predicted octanol–water partition coefficient (Wildman–Crippen LogP) is 4.87. The Hall–Kier alpha value is -3.32. The molecule has 0 spiro atoms. The zero-order valence-corrected chi connectivity index (χ0v) is 17.5. The van der Waals surface area contributed by atoms with Gasteiger partial charge in [0.1, 0.15) is 5.75 Å². The summed E-state index contributed by atoms with van der Waals surface area (Å²) < 4.78 is 11.0. The van der Waals surface area contributed by atoms with E-state index in [2.05, 4.69) is 39.8 Å². The van der Waals surface area contributed by atoms with E-state index in [1.165, 1.54) is 17.1 Å². The Kier molecular flexibility index (Phi) is 5.99. The Morgan fingerprint density at radius 2 is 1.83 bits per heavy atom. The minimum atomic E-state index is -0.102. The number of rotatable bonds is 7. The number of methoxy groups -OCH3 is 1. The van der Waals surface area contributed by atoms with Crippen LogP contribution in [0.2, 0.25) is 0 Å². The average Bonchev–Trinajstić information content (AvgIpc) is 3.26. The highest BCUT2D eigenvalue weighted by Gasteiger charge is 2.15. The molecular formula is C23H21N3O3S. The molecule has 0 saturated heterocycles. The second-order valence-electron chi connectivity index (χ2n) is 6.76. The van der Waals surface area contributed by atoms with Gasteiger partial charge in [0.05, 0.1) is 24.5 Å². The average molecular weight is 420 g/mol. The predicted molar refractivity (Wildman–Crippen MR) is 118 cm³/mol. The zero-order chi connectivity index (χ0) is 20.9. The molecule has 0 aliphatic heterocycles. The van der Waals surface area contributed by atoms with Crippen LogP contribution in [0.5, 0.6) is 5.75 Å². The van der Waals surface area contributed by atoms with Crippen molar-refractivity contribution in [1.82, 2.24) is 15.5 Å². The highest BCUT2D eigenvalue weighted by molar-refractivity contribution is 7.99. The molecule has 152 valence electrons. The lowest BCUT2D eigenvalue weighted by molar-refractivity contribution is -0.119. The standard InChI is InChI=1S/C23H21N3O3S/c1-15(17-12-11-16-7-3-4-8-18(16)13-17)24-21(27)14-30-23-26-25-22(29-23)19-9-5-6-10-20(19)28-2/h3-13,15H,14H2,1-2H3,(H,24,27). The first-order valence-electron chi connectivity index (χ1n) is 9.52. The van der Waals surface area contributed by atoms with Gasteiger partial charge in [-0.1, -0.05) is 60.3 Å². The zero-order valence-electron chi connectivity index (χ0n) is 16.7. The molecule has 0 aliphatic rings. The number of hydrogen-bond donors (Lipinski definition) is 1. The quantitative estimate of drug-likeness (QED) is 0.431. The lowest BCUT2D eigenvalue weighted by Crippen LogP contribution is -2.28. The van der Waals surface area contributed by atoms with E-state index >= 15 is 0 Å². The molecule has 0 fully saturated rings. The van der Waals surface area contributed by atoms with Crippen molar-refractivity contribution >= 4 is 28.4 Å². The molecule has 0 bridgehead atoms. The van der Waals surface area contributed by atoms with Crippen LogP contribution in [0, 0.1) is 0 Å². The first-order valence-corrected chi connectivity index (χ1v) is 10.5. The van der Waals surface area contributed by atoms with E-state index in [-0.39, 0.29) is 17.7 Å². The summed E-state index contributed by atoms with van der Waals surface area (Å²) in [6, 6.07) is 21.7. The van der Waals surface area contributed by atoms with Gasteiger partial charge in [0.25, 0.3) is 11.1 Å². The normalized spacial score (nSPS) is 11.9. The van der Waals surface area contributed by atoms with Crippen LogP contribution >= 0.6 is 11.8 Å². The van der Waals surface area contributed by atoms with Crippen molar-refractivity contribution in [2.45, 2.75) is 18.2 Å². The third-order valence-corrected chi connectivity index (χ3v) is 5.54. The molecule has 1 aromatic heterocycles. The Morgan fingerprint density at radius 1 is 1.07 bits per heavy atom. The molecule has 4 aromatic rings. The molecule has 1 unspecified atom stereocenters. The van der Waals surface area contributed by atoms with Crippen LogP contribution in [0.4, 0.5) is 0 Å². The van der Waals surface area contributed by atoms with Gasteiger partial charge in [-0.3, -0.25) is 4.79 Å². The maximum absolute atomic E-state index is 12.4. The molecule has 0 aliphatic carbocycles. The smallest absolute Gasteiger partial charge is 0.277 e. The van der Waals surface area contributed by atoms with Crippen molar-refractivity contribution in [3.8, 4) is 17.2 Å². The molecule has 4 rings (SSSR count). The third-order valence-electron chi connectivity index (χ3n) is 4.72. The number of nitrogens with zero attached hydrogens (tertiary/aromatic N) is 2. The van der Waals surface area contributed by atoms with Gasteiger partial charge in [0, 0.05) is 0 Å². The van der Waals surface area contributed by atoms with E-state index in [9.17, 15) is 4.79 Å². The SMILES string of the molecule is COc1ccccc1-c1nnc(SCC(=O)NC(C)c2ccc3ccccc3c2)o1. The number of benzene rings is 3. The summed E-state index contributed by atoms with van der Waals surface area (Å²) in [7, 11) is 1.59. The number of thioether (sulfide) groups is 1. The summed E-state index contributed by atoms with van der Waals surface area (Å²) in [6.45, 7) is 1.97. The number of carbonyl (C=O) groups is 1. The van der Waals surface area contributed by atoms with E-state index < -0.39 is 0 Å². The number of aromatic nitrogens is 2. The summed E-state index contributed by atoms with van der Waals surface area (Å²) in [5.74, 6) is 1.10.